The molecule has 0 N–H and O–H groups in total. The van der Waals surface area contributed by atoms with E-state index in [1.807, 2.05) is 4.90 Å². The zero-order valence-electron chi connectivity index (χ0n) is 20.3. The maximum Gasteiger partial charge on any atom is 0.263 e. The molecule has 0 atom stereocenters. The van der Waals surface area contributed by atoms with Gasteiger partial charge in [0.05, 0.1) is 11.7 Å². The van der Waals surface area contributed by atoms with Gasteiger partial charge in [-0.05, 0) is 31.7 Å². The highest BCUT2D eigenvalue weighted by Gasteiger charge is 2.34. The zero-order valence-corrected chi connectivity index (χ0v) is 22.0. The summed E-state index contributed by atoms with van der Waals surface area (Å²) in [7, 11) is -3.95. The molecule has 5 rings (SSSR count). The minimum Gasteiger partial charge on any atom is -0.341 e. The van der Waals surface area contributed by atoms with E-state index in [2.05, 4.69) is 21.9 Å². The predicted octanol–water partition coefficient (Wildman–Crippen LogP) is 1.33. The van der Waals surface area contributed by atoms with Gasteiger partial charge < -0.3 is 9.80 Å². The van der Waals surface area contributed by atoms with Gasteiger partial charge in [0.15, 0.2) is 0 Å². The van der Waals surface area contributed by atoms with Crippen molar-refractivity contribution in [2.24, 2.45) is 5.92 Å². The van der Waals surface area contributed by atoms with Crippen molar-refractivity contribution < 1.29 is 13.2 Å². The van der Waals surface area contributed by atoms with Crippen LogP contribution in [-0.4, -0.2) is 82.3 Å². The number of aryl methyl sites for hydroxylation is 1. The number of nitrogens with zero attached hydrogens (tertiary/aromatic N) is 7. The van der Waals surface area contributed by atoms with Gasteiger partial charge in [-0.3, -0.25) is 14.2 Å². The number of aromatic nitrogens is 4. The Morgan fingerprint density at radius 2 is 1.72 bits per heavy atom. The molecule has 2 aliphatic heterocycles. The molecule has 2 saturated heterocycles. The van der Waals surface area contributed by atoms with Gasteiger partial charge in [0.2, 0.25) is 21.9 Å². The summed E-state index contributed by atoms with van der Waals surface area (Å²) in [4.78, 5) is 43.7. The van der Waals surface area contributed by atoms with E-state index in [0.717, 1.165) is 12.8 Å². The first kappa shape index (κ1) is 24.8. The summed E-state index contributed by atoms with van der Waals surface area (Å²) in [5.41, 5.74) is -0.502. The standard InChI is InChI=1S/C23H29N7O4S2/c1-16-4-8-27(9-5-16)18(31)14-29-15-26-21-19(22(29)32)20(17(2)35-21)36(33,34)30-12-10-28(11-13-30)23-24-6-3-7-25-23/h3,6-7,15-16H,4-5,8-14H2,1-2H3. The molecule has 2 fully saturated rings. The van der Waals surface area contributed by atoms with Crippen LogP contribution in [0.15, 0.2) is 34.5 Å². The van der Waals surface area contributed by atoms with Gasteiger partial charge in [0.1, 0.15) is 16.3 Å². The third-order valence-electron chi connectivity index (χ3n) is 6.91. The molecule has 192 valence electrons. The molecule has 5 heterocycles. The Morgan fingerprint density at radius 1 is 1.06 bits per heavy atom. The van der Waals surface area contributed by atoms with Crippen LogP contribution in [0.5, 0.6) is 0 Å². The summed E-state index contributed by atoms with van der Waals surface area (Å²) in [6.07, 6.45) is 6.53. The Kier molecular flexibility index (Phi) is 6.79. The number of hydrogen-bond donors (Lipinski definition) is 0. The topological polar surface area (TPSA) is 122 Å². The van der Waals surface area contributed by atoms with Crippen molar-refractivity contribution in [2.75, 3.05) is 44.2 Å². The van der Waals surface area contributed by atoms with Gasteiger partial charge in [-0.15, -0.1) is 11.3 Å². The van der Waals surface area contributed by atoms with Gasteiger partial charge in [0.25, 0.3) is 5.56 Å². The highest BCUT2D eigenvalue weighted by molar-refractivity contribution is 7.89. The number of rotatable bonds is 5. The maximum atomic E-state index is 13.7. The van der Waals surface area contributed by atoms with Crippen LogP contribution < -0.4 is 10.5 Å². The van der Waals surface area contributed by atoms with Crippen molar-refractivity contribution >= 4 is 43.4 Å². The molecule has 3 aromatic heterocycles. The zero-order chi connectivity index (χ0) is 25.4. The molecule has 13 heteroatoms. The number of likely N-dealkylation sites (tertiary alicyclic amines) is 1. The van der Waals surface area contributed by atoms with E-state index in [1.165, 1.54) is 26.5 Å². The van der Waals surface area contributed by atoms with Crippen molar-refractivity contribution in [2.45, 2.75) is 38.1 Å². The molecule has 0 radical (unpaired) electrons. The fourth-order valence-corrected chi connectivity index (χ4v) is 7.84. The number of carbonyl (C=O) groups is 1. The summed E-state index contributed by atoms with van der Waals surface area (Å²) < 4.78 is 30.1. The van der Waals surface area contributed by atoms with E-state index in [-0.39, 0.29) is 35.8 Å². The van der Waals surface area contributed by atoms with Gasteiger partial charge in [-0.2, -0.15) is 4.31 Å². The Hall–Kier alpha value is -2.90. The summed E-state index contributed by atoms with van der Waals surface area (Å²) in [5.74, 6) is 0.991. The van der Waals surface area contributed by atoms with E-state index in [0.29, 0.717) is 47.8 Å². The average Bonchev–Trinajstić information content (AvgIpc) is 3.24. The van der Waals surface area contributed by atoms with Crippen LogP contribution in [0.2, 0.25) is 0 Å². The fourth-order valence-electron chi connectivity index (χ4n) is 4.75. The lowest BCUT2D eigenvalue weighted by Crippen LogP contribution is -2.49. The Morgan fingerprint density at radius 3 is 2.39 bits per heavy atom. The van der Waals surface area contributed by atoms with Gasteiger partial charge >= 0.3 is 0 Å². The van der Waals surface area contributed by atoms with E-state index in [4.69, 9.17) is 0 Å². The van der Waals surface area contributed by atoms with Crippen LogP contribution in [0.25, 0.3) is 10.2 Å². The molecule has 11 nitrogen and oxygen atoms in total. The van der Waals surface area contributed by atoms with E-state index in [9.17, 15) is 18.0 Å². The summed E-state index contributed by atoms with van der Waals surface area (Å²) >= 11 is 1.18. The predicted molar refractivity (Wildman–Crippen MR) is 137 cm³/mol. The second-order valence-corrected chi connectivity index (χ2v) is 12.4. The summed E-state index contributed by atoms with van der Waals surface area (Å²) in [5, 5.41) is 0.0638. The second kappa shape index (κ2) is 9.87. The maximum absolute atomic E-state index is 13.7. The van der Waals surface area contributed by atoms with E-state index in [1.54, 1.807) is 30.3 Å². The van der Waals surface area contributed by atoms with Crippen LogP contribution >= 0.6 is 11.3 Å². The van der Waals surface area contributed by atoms with Gasteiger partial charge in [0, 0.05) is 56.5 Å². The molecule has 0 saturated carbocycles. The highest BCUT2D eigenvalue weighted by Crippen LogP contribution is 2.33. The minimum absolute atomic E-state index is 0.00185. The molecule has 1 amide bonds. The number of carbonyl (C=O) groups excluding carboxylic acids is 1. The first-order valence-corrected chi connectivity index (χ1v) is 14.3. The smallest absolute Gasteiger partial charge is 0.263 e. The van der Waals surface area contributed by atoms with Crippen molar-refractivity contribution in [1.82, 2.24) is 28.7 Å². The number of anilines is 1. The average molecular weight is 532 g/mol. The van der Waals surface area contributed by atoms with Crippen LogP contribution in [0.4, 0.5) is 5.95 Å². The molecule has 36 heavy (non-hydrogen) atoms. The fraction of sp³-hybridized carbons (Fsp3) is 0.522. The van der Waals surface area contributed by atoms with Crippen molar-refractivity contribution in [3.8, 4) is 0 Å². The number of amides is 1. The quantitative estimate of drug-likeness (QED) is 0.483. The van der Waals surface area contributed by atoms with E-state index >= 15 is 0 Å². The largest absolute Gasteiger partial charge is 0.341 e. The lowest BCUT2D eigenvalue weighted by molar-refractivity contribution is -0.133. The van der Waals surface area contributed by atoms with Crippen LogP contribution in [0.1, 0.15) is 24.6 Å². The van der Waals surface area contributed by atoms with E-state index < -0.39 is 15.6 Å². The minimum atomic E-state index is -3.95. The van der Waals surface area contributed by atoms with Crippen LogP contribution in [0.3, 0.4) is 0 Å². The molecule has 0 bridgehead atoms. The molecule has 0 aliphatic carbocycles. The lowest BCUT2D eigenvalue weighted by Gasteiger charge is -2.33. The number of sulfonamides is 1. The molecule has 2 aliphatic rings. The van der Waals surface area contributed by atoms with Gasteiger partial charge in [-0.1, -0.05) is 6.92 Å². The third-order valence-corrected chi connectivity index (χ3v) is 10.1. The summed E-state index contributed by atoms with van der Waals surface area (Å²) in [6, 6.07) is 1.73. The second-order valence-electron chi connectivity index (χ2n) is 9.35. The third kappa shape index (κ3) is 4.62. The van der Waals surface area contributed by atoms with Crippen molar-refractivity contribution in [1.29, 1.82) is 0 Å². The monoisotopic (exact) mass is 531 g/mol. The molecular formula is C23H29N7O4S2. The molecule has 0 spiro atoms. The summed E-state index contributed by atoms with van der Waals surface area (Å²) in [6.45, 7) is 6.42. The number of thiophene rings is 1. The lowest BCUT2D eigenvalue weighted by atomic mass is 9.99. The first-order valence-electron chi connectivity index (χ1n) is 12.0. The van der Waals surface area contributed by atoms with Crippen molar-refractivity contribution in [3.05, 3.63) is 40.0 Å². The number of piperazine rings is 1. The number of piperidine rings is 1. The van der Waals surface area contributed by atoms with Gasteiger partial charge in [-0.25, -0.2) is 23.4 Å². The normalized spacial score (nSPS) is 18.2. The van der Waals surface area contributed by atoms with Crippen LogP contribution in [-0.2, 0) is 21.4 Å². The molecule has 0 unspecified atom stereocenters. The molecule has 0 aromatic carbocycles. The Balaban J connectivity index is 1.40. The number of hydrogen-bond acceptors (Lipinski definition) is 9. The highest BCUT2D eigenvalue weighted by atomic mass is 32.2. The number of fused-ring (bicyclic) bond motifs is 1. The SMILES string of the molecule is Cc1sc2ncn(CC(=O)N3CCC(C)CC3)c(=O)c2c1S(=O)(=O)N1CCN(c2ncccn2)CC1. The van der Waals surface area contributed by atoms with Crippen LogP contribution in [0, 0.1) is 12.8 Å². The molecular weight excluding hydrogens is 502 g/mol. The molecule has 3 aromatic rings. The first-order chi connectivity index (χ1) is 17.3. The Labute approximate surface area is 213 Å². The Bertz CT molecular complexity index is 1420. The van der Waals surface area contributed by atoms with Crippen molar-refractivity contribution in [3.63, 3.8) is 0 Å².